The molecule has 0 spiro atoms. The van der Waals surface area contributed by atoms with Crippen LogP contribution in [0.15, 0.2) is 35.6 Å². The van der Waals surface area contributed by atoms with Gasteiger partial charge in [-0.2, -0.15) is 0 Å². The van der Waals surface area contributed by atoms with Crippen molar-refractivity contribution in [2.24, 2.45) is 5.73 Å². The second-order valence-electron chi connectivity index (χ2n) is 4.44. The van der Waals surface area contributed by atoms with Gasteiger partial charge in [0.1, 0.15) is 0 Å². The zero-order valence-electron chi connectivity index (χ0n) is 9.10. The van der Waals surface area contributed by atoms with E-state index in [2.05, 4.69) is 29.2 Å². The number of carbonyl (C=O) groups is 1. The van der Waals surface area contributed by atoms with Gasteiger partial charge in [0.25, 0.3) is 0 Å². The van der Waals surface area contributed by atoms with Crippen LogP contribution in [0, 0.1) is 0 Å². The van der Waals surface area contributed by atoms with Crippen LogP contribution >= 0.6 is 0 Å². The van der Waals surface area contributed by atoms with Crippen molar-refractivity contribution in [1.29, 1.82) is 0 Å². The maximum Gasteiger partial charge on any atom is 0.315 e. The molecule has 1 unspecified atom stereocenters. The highest BCUT2D eigenvalue weighted by Gasteiger charge is 2.34. The molecule has 3 aliphatic rings. The molecule has 4 nitrogen and oxygen atoms in total. The van der Waals surface area contributed by atoms with Gasteiger partial charge in [0, 0.05) is 18.8 Å². The quantitative estimate of drug-likeness (QED) is 0.653. The summed E-state index contributed by atoms with van der Waals surface area (Å²) in [5.41, 5.74) is 7.90. The maximum absolute atomic E-state index is 11.1. The molecule has 1 atom stereocenters. The van der Waals surface area contributed by atoms with Crippen molar-refractivity contribution >= 4 is 6.03 Å². The minimum Gasteiger partial charge on any atom is -0.364 e. The van der Waals surface area contributed by atoms with Crippen molar-refractivity contribution < 1.29 is 4.79 Å². The summed E-state index contributed by atoms with van der Waals surface area (Å²) < 4.78 is 0. The highest BCUT2D eigenvalue weighted by Crippen LogP contribution is 2.33. The molecule has 1 saturated heterocycles. The Balaban J connectivity index is 1.85. The molecule has 0 aromatic carbocycles. The molecule has 2 amide bonds. The fourth-order valence-electron chi connectivity index (χ4n) is 2.69. The van der Waals surface area contributed by atoms with E-state index in [1.165, 1.54) is 11.3 Å². The Morgan fingerprint density at radius 1 is 1.44 bits per heavy atom. The number of allylic oxidation sites excluding steroid dienone is 2. The molecule has 0 aromatic heterocycles. The Morgan fingerprint density at radius 2 is 2.31 bits per heavy atom. The molecule has 1 fully saturated rings. The Hall–Kier alpha value is -1.71. The van der Waals surface area contributed by atoms with Gasteiger partial charge in [0.05, 0.1) is 12.6 Å². The number of hydrogen-bond donors (Lipinski definition) is 1. The summed E-state index contributed by atoms with van der Waals surface area (Å²) in [6, 6.07) is 0.178. The van der Waals surface area contributed by atoms with E-state index in [9.17, 15) is 4.79 Å². The molecule has 84 valence electrons. The summed E-state index contributed by atoms with van der Waals surface area (Å²) in [5, 5.41) is 0. The van der Waals surface area contributed by atoms with Crippen molar-refractivity contribution in [2.45, 2.75) is 12.5 Å². The molecule has 3 rings (SSSR count). The predicted octanol–water partition coefficient (Wildman–Crippen LogP) is 0.835. The van der Waals surface area contributed by atoms with E-state index in [4.69, 9.17) is 5.73 Å². The first-order valence-electron chi connectivity index (χ1n) is 5.64. The molecule has 2 heterocycles. The fourth-order valence-corrected chi connectivity index (χ4v) is 2.69. The molecule has 0 aromatic rings. The van der Waals surface area contributed by atoms with Gasteiger partial charge in [-0.3, -0.25) is 0 Å². The Kier molecular flexibility index (Phi) is 2.02. The largest absolute Gasteiger partial charge is 0.364 e. The van der Waals surface area contributed by atoms with Crippen LogP contribution in [-0.4, -0.2) is 41.5 Å². The summed E-state index contributed by atoms with van der Waals surface area (Å²) in [4.78, 5) is 15.2. The molecule has 2 N–H and O–H groups in total. The molecular formula is C12H15N3O. The monoisotopic (exact) mass is 217 g/mol. The fraction of sp³-hybridized carbons (Fsp3) is 0.417. The Labute approximate surface area is 94.7 Å². The number of amides is 2. The van der Waals surface area contributed by atoms with Crippen LogP contribution < -0.4 is 5.73 Å². The third-order valence-electron chi connectivity index (χ3n) is 3.52. The van der Waals surface area contributed by atoms with Crippen LogP contribution in [0.4, 0.5) is 4.79 Å². The molecule has 1 aliphatic carbocycles. The van der Waals surface area contributed by atoms with Crippen LogP contribution in [0.5, 0.6) is 0 Å². The first-order chi connectivity index (χ1) is 7.75. The minimum atomic E-state index is -0.317. The normalized spacial score (nSPS) is 27.1. The first kappa shape index (κ1) is 9.51. The van der Waals surface area contributed by atoms with Gasteiger partial charge in [-0.15, -0.1) is 0 Å². The highest BCUT2D eigenvalue weighted by atomic mass is 16.2. The topological polar surface area (TPSA) is 49.6 Å². The van der Waals surface area contributed by atoms with Gasteiger partial charge in [-0.05, 0) is 18.1 Å². The van der Waals surface area contributed by atoms with Crippen LogP contribution in [-0.2, 0) is 0 Å². The van der Waals surface area contributed by atoms with Gasteiger partial charge in [-0.1, -0.05) is 18.2 Å². The first-order valence-corrected chi connectivity index (χ1v) is 5.64. The van der Waals surface area contributed by atoms with Crippen LogP contribution in [0.25, 0.3) is 0 Å². The second kappa shape index (κ2) is 3.40. The molecule has 16 heavy (non-hydrogen) atoms. The highest BCUT2D eigenvalue weighted by molar-refractivity contribution is 5.72. The van der Waals surface area contributed by atoms with Crippen LogP contribution in [0.3, 0.4) is 0 Å². The summed E-state index contributed by atoms with van der Waals surface area (Å²) >= 11 is 0. The Morgan fingerprint density at radius 3 is 3.12 bits per heavy atom. The number of carbonyl (C=O) groups excluding carboxylic acids is 1. The van der Waals surface area contributed by atoms with Crippen molar-refractivity contribution in [3.8, 4) is 0 Å². The number of primary amides is 1. The summed E-state index contributed by atoms with van der Waals surface area (Å²) in [5.74, 6) is 0. The standard InChI is InChI=1S/C12H15N3O/c13-12(16)14-5-6-15-10(8-14)7-9-3-1-2-4-11(9)15/h1-3,7,11H,4-6,8H2,(H2,13,16). The van der Waals surface area contributed by atoms with Gasteiger partial charge in [0.2, 0.25) is 0 Å². The number of piperazine rings is 1. The number of urea groups is 1. The smallest absolute Gasteiger partial charge is 0.315 e. The van der Waals surface area contributed by atoms with Gasteiger partial charge in [-0.25, -0.2) is 4.79 Å². The van der Waals surface area contributed by atoms with E-state index in [0.717, 1.165) is 19.5 Å². The number of rotatable bonds is 0. The number of fused-ring (bicyclic) bond motifs is 3. The summed E-state index contributed by atoms with van der Waals surface area (Å²) in [7, 11) is 0. The third-order valence-corrected chi connectivity index (χ3v) is 3.52. The van der Waals surface area contributed by atoms with Crippen molar-refractivity contribution in [2.75, 3.05) is 19.6 Å². The number of nitrogens with zero attached hydrogens (tertiary/aromatic N) is 2. The van der Waals surface area contributed by atoms with Crippen molar-refractivity contribution in [3.63, 3.8) is 0 Å². The van der Waals surface area contributed by atoms with E-state index in [-0.39, 0.29) is 6.03 Å². The van der Waals surface area contributed by atoms with Crippen molar-refractivity contribution in [1.82, 2.24) is 9.80 Å². The molecule has 2 aliphatic heterocycles. The number of hydrogen-bond acceptors (Lipinski definition) is 2. The van der Waals surface area contributed by atoms with Gasteiger partial charge >= 0.3 is 6.03 Å². The molecule has 0 radical (unpaired) electrons. The maximum atomic E-state index is 11.1. The lowest BCUT2D eigenvalue weighted by molar-refractivity contribution is 0.167. The van der Waals surface area contributed by atoms with Crippen molar-refractivity contribution in [3.05, 3.63) is 35.6 Å². The molecule has 0 bridgehead atoms. The van der Waals surface area contributed by atoms with Gasteiger partial charge < -0.3 is 15.5 Å². The average molecular weight is 217 g/mol. The summed E-state index contributed by atoms with van der Waals surface area (Å²) in [6.45, 7) is 2.29. The van der Waals surface area contributed by atoms with E-state index in [1.807, 2.05) is 0 Å². The van der Waals surface area contributed by atoms with E-state index in [1.54, 1.807) is 4.90 Å². The van der Waals surface area contributed by atoms with Gasteiger partial charge in [0.15, 0.2) is 0 Å². The SMILES string of the molecule is NC(=O)N1CCN2C(=CC3=CC=CCC32)C1. The molecule has 0 saturated carbocycles. The van der Waals surface area contributed by atoms with Crippen LogP contribution in [0.1, 0.15) is 6.42 Å². The average Bonchev–Trinajstić information content (AvgIpc) is 2.66. The zero-order valence-corrected chi connectivity index (χ0v) is 9.10. The lowest BCUT2D eigenvalue weighted by Crippen LogP contribution is -2.50. The molecular weight excluding hydrogens is 202 g/mol. The second-order valence-corrected chi connectivity index (χ2v) is 4.44. The predicted molar refractivity (Wildman–Crippen MR) is 61.6 cm³/mol. The lowest BCUT2D eigenvalue weighted by Gasteiger charge is -2.38. The zero-order chi connectivity index (χ0) is 11.1. The van der Waals surface area contributed by atoms with E-state index >= 15 is 0 Å². The summed E-state index contributed by atoms with van der Waals surface area (Å²) in [6.07, 6.45) is 9.73. The van der Waals surface area contributed by atoms with Crippen LogP contribution in [0.2, 0.25) is 0 Å². The Bertz CT molecular complexity index is 422. The third kappa shape index (κ3) is 1.33. The minimum absolute atomic E-state index is 0.317. The van der Waals surface area contributed by atoms with E-state index < -0.39 is 0 Å². The number of nitrogens with two attached hydrogens (primary N) is 1. The van der Waals surface area contributed by atoms with E-state index in [0.29, 0.717) is 12.6 Å². The molecule has 4 heteroatoms. The lowest BCUT2D eigenvalue weighted by atomic mass is 10.0.